The molecule has 1 unspecified atom stereocenters. The van der Waals surface area contributed by atoms with Gasteiger partial charge in [0.05, 0.1) is 11.4 Å². The third kappa shape index (κ3) is 4.02. The maximum Gasteiger partial charge on any atom is 0.306 e. The van der Waals surface area contributed by atoms with E-state index < -0.39 is 5.97 Å². The number of hydrogen-bond acceptors (Lipinski definition) is 3. The van der Waals surface area contributed by atoms with Crippen LogP contribution in [0.3, 0.4) is 0 Å². The number of carbonyl (C=O) groups is 2. The number of amides is 1. The van der Waals surface area contributed by atoms with E-state index in [0.29, 0.717) is 25.1 Å². The first-order chi connectivity index (χ1) is 10.1. The fourth-order valence-corrected chi connectivity index (χ4v) is 2.02. The number of nitrogens with one attached hydrogen (secondary N) is 1. The van der Waals surface area contributed by atoms with E-state index in [1.807, 2.05) is 30.3 Å². The molecule has 1 aromatic carbocycles. The minimum atomic E-state index is -0.808. The topological polar surface area (TPSA) is 79.3 Å². The lowest BCUT2D eigenvalue weighted by Crippen LogP contribution is -2.26. The van der Waals surface area contributed by atoms with Gasteiger partial charge in [0.2, 0.25) is 0 Å². The van der Waals surface area contributed by atoms with Crippen molar-refractivity contribution in [3.63, 3.8) is 0 Å². The van der Waals surface area contributed by atoms with Crippen molar-refractivity contribution < 1.29 is 14.7 Å². The number of rotatable bonds is 6. The molecule has 1 atom stereocenters. The van der Waals surface area contributed by atoms with E-state index in [1.165, 1.54) is 0 Å². The first kappa shape index (κ1) is 15.0. The molecule has 1 amide bonds. The summed E-state index contributed by atoms with van der Waals surface area (Å²) in [5.41, 5.74) is 1.16. The monoisotopic (exact) mass is 286 g/mol. The largest absolute Gasteiger partial charge is 0.481 e. The molecule has 1 heterocycles. The second-order valence-electron chi connectivity index (χ2n) is 5.03. The molecule has 110 valence electrons. The maximum absolute atomic E-state index is 12.0. The summed E-state index contributed by atoms with van der Waals surface area (Å²) in [6.45, 7) is 2.11. The summed E-state index contributed by atoms with van der Waals surface area (Å²) in [6, 6.07) is 11.2. The van der Waals surface area contributed by atoms with E-state index in [9.17, 15) is 9.59 Å². The minimum Gasteiger partial charge on any atom is -0.481 e. The number of aliphatic carboxylic acids is 1. The molecule has 0 spiro atoms. The summed E-state index contributed by atoms with van der Waals surface area (Å²) in [4.78, 5) is 27.0. The van der Waals surface area contributed by atoms with Gasteiger partial charge in [-0.25, -0.2) is 4.98 Å². The summed E-state index contributed by atoms with van der Waals surface area (Å²) >= 11 is 0. The van der Waals surface area contributed by atoms with Crippen LogP contribution in [0, 0.1) is 5.92 Å². The van der Waals surface area contributed by atoms with Gasteiger partial charge in [0, 0.05) is 11.9 Å². The van der Waals surface area contributed by atoms with Crippen LogP contribution >= 0.6 is 0 Å². The Bertz CT molecular complexity index is 655. The number of carboxylic acid groups (broad SMARTS) is 1. The molecule has 2 N–H and O–H groups in total. The zero-order valence-corrected chi connectivity index (χ0v) is 11.9. The fourth-order valence-electron chi connectivity index (χ4n) is 2.02. The molecule has 0 bridgehead atoms. The van der Waals surface area contributed by atoms with Crippen molar-refractivity contribution in [1.82, 2.24) is 10.3 Å². The molecule has 2 aromatic rings. The molecule has 5 heteroatoms. The Balaban J connectivity index is 1.89. The van der Waals surface area contributed by atoms with Crippen molar-refractivity contribution in [3.05, 3.63) is 42.1 Å². The molecule has 0 saturated heterocycles. The molecule has 0 fully saturated rings. The van der Waals surface area contributed by atoms with E-state index in [0.717, 1.165) is 10.9 Å². The number of carboxylic acids is 1. The van der Waals surface area contributed by atoms with Crippen LogP contribution in [0.2, 0.25) is 0 Å². The number of para-hydroxylation sites is 1. The predicted molar refractivity (Wildman–Crippen MR) is 80.1 cm³/mol. The standard InChI is InChI=1S/C16H18N2O3/c1-11(16(20)21)5-4-10-17-15(19)14-9-8-12-6-2-3-7-13(12)18-14/h2-3,6-9,11H,4-5,10H2,1H3,(H,17,19)(H,20,21). The summed E-state index contributed by atoms with van der Waals surface area (Å²) in [5.74, 6) is -1.43. The van der Waals surface area contributed by atoms with Crippen molar-refractivity contribution in [3.8, 4) is 0 Å². The molecule has 2 rings (SSSR count). The molecule has 5 nitrogen and oxygen atoms in total. The number of carbonyl (C=O) groups excluding carboxylic acids is 1. The first-order valence-electron chi connectivity index (χ1n) is 6.94. The molecule has 21 heavy (non-hydrogen) atoms. The normalized spacial score (nSPS) is 12.0. The summed E-state index contributed by atoms with van der Waals surface area (Å²) in [6.07, 6.45) is 1.17. The van der Waals surface area contributed by atoms with Crippen LogP contribution in [0.25, 0.3) is 10.9 Å². The Kier molecular flexibility index (Phi) is 4.87. The highest BCUT2D eigenvalue weighted by Gasteiger charge is 2.11. The van der Waals surface area contributed by atoms with Gasteiger partial charge in [0.25, 0.3) is 5.91 Å². The molecule has 0 aliphatic carbocycles. The van der Waals surface area contributed by atoms with Crippen molar-refractivity contribution in [1.29, 1.82) is 0 Å². The average Bonchev–Trinajstić information content (AvgIpc) is 2.50. The van der Waals surface area contributed by atoms with Gasteiger partial charge in [-0.3, -0.25) is 9.59 Å². The summed E-state index contributed by atoms with van der Waals surface area (Å²) in [5, 5.41) is 12.5. The van der Waals surface area contributed by atoms with Crippen LogP contribution in [0.15, 0.2) is 36.4 Å². The fraction of sp³-hybridized carbons (Fsp3) is 0.312. The van der Waals surface area contributed by atoms with E-state index in [4.69, 9.17) is 5.11 Å². The highest BCUT2D eigenvalue weighted by Crippen LogP contribution is 2.11. The third-order valence-electron chi connectivity index (χ3n) is 3.35. The second kappa shape index (κ2) is 6.83. The number of nitrogens with zero attached hydrogens (tertiary/aromatic N) is 1. The van der Waals surface area contributed by atoms with Crippen molar-refractivity contribution in [2.75, 3.05) is 6.54 Å². The Morgan fingerprint density at radius 1 is 1.24 bits per heavy atom. The van der Waals surface area contributed by atoms with Crippen LogP contribution in [0.4, 0.5) is 0 Å². The van der Waals surface area contributed by atoms with Gasteiger partial charge in [0.15, 0.2) is 0 Å². The van der Waals surface area contributed by atoms with E-state index in [1.54, 1.807) is 13.0 Å². The van der Waals surface area contributed by atoms with E-state index in [-0.39, 0.29) is 11.8 Å². The van der Waals surface area contributed by atoms with Gasteiger partial charge in [0.1, 0.15) is 5.69 Å². The zero-order chi connectivity index (χ0) is 15.2. The van der Waals surface area contributed by atoms with Crippen LogP contribution in [-0.4, -0.2) is 28.5 Å². The SMILES string of the molecule is CC(CCCNC(=O)c1ccc2ccccc2n1)C(=O)O. The highest BCUT2D eigenvalue weighted by atomic mass is 16.4. The van der Waals surface area contributed by atoms with Crippen LogP contribution in [0.5, 0.6) is 0 Å². The van der Waals surface area contributed by atoms with Gasteiger partial charge in [-0.1, -0.05) is 31.2 Å². The minimum absolute atomic E-state index is 0.233. The lowest BCUT2D eigenvalue weighted by molar-refractivity contribution is -0.141. The number of hydrogen-bond donors (Lipinski definition) is 2. The Hall–Kier alpha value is -2.43. The van der Waals surface area contributed by atoms with Gasteiger partial charge in [-0.05, 0) is 25.0 Å². The maximum atomic E-state index is 12.0. The Morgan fingerprint density at radius 2 is 2.00 bits per heavy atom. The summed E-state index contributed by atoms with van der Waals surface area (Å²) < 4.78 is 0. The number of pyridine rings is 1. The van der Waals surface area contributed by atoms with Gasteiger partial charge in [-0.15, -0.1) is 0 Å². The molecule has 0 aliphatic heterocycles. The smallest absolute Gasteiger partial charge is 0.306 e. The lowest BCUT2D eigenvalue weighted by atomic mass is 10.1. The summed E-state index contributed by atoms with van der Waals surface area (Å²) in [7, 11) is 0. The Labute approximate surface area is 123 Å². The highest BCUT2D eigenvalue weighted by molar-refractivity contribution is 5.94. The van der Waals surface area contributed by atoms with Crippen LogP contribution in [-0.2, 0) is 4.79 Å². The van der Waals surface area contributed by atoms with Crippen molar-refractivity contribution in [2.45, 2.75) is 19.8 Å². The van der Waals surface area contributed by atoms with Gasteiger partial charge in [-0.2, -0.15) is 0 Å². The number of fused-ring (bicyclic) bond motifs is 1. The van der Waals surface area contributed by atoms with Crippen molar-refractivity contribution in [2.24, 2.45) is 5.92 Å². The number of benzene rings is 1. The lowest BCUT2D eigenvalue weighted by Gasteiger charge is -2.07. The predicted octanol–water partition coefficient (Wildman–Crippen LogP) is 2.47. The Morgan fingerprint density at radius 3 is 2.76 bits per heavy atom. The molecule has 0 saturated carbocycles. The molecule has 0 radical (unpaired) electrons. The number of aromatic nitrogens is 1. The van der Waals surface area contributed by atoms with Crippen LogP contribution in [0.1, 0.15) is 30.3 Å². The van der Waals surface area contributed by atoms with E-state index >= 15 is 0 Å². The average molecular weight is 286 g/mol. The molecular formula is C16H18N2O3. The van der Waals surface area contributed by atoms with E-state index in [2.05, 4.69) is 10.3 Å². The van der Waals surface area contributed by atoms with Crippen LogP contribution < -0.4 is 5.32 Å². The van der Waals surface area contributed by atoms with Crippen molar-refractivity contribution >= 4 is 22.8 Å². The first-order valence-corrected chi connectivity index (χ1v) is 6.94. The second-order valence-corrected chi connectivity index (χ2v) is 5.03. The van der Waals surface area contributed by atoms with Gasteiger partial charge >= 0.3 is 5.97 Å². The molecule has 1 aromatic heterocycles. The molecular weight excluding hydrogens is 268 g/mol. The molecule has 0 aliphatic rings. The quantitative estimate of drug-likeness (QED) is 0.799. The van der Waals surface area contributed by atoms with Gasteiger partial charge < -0.3 is 10.4 Å². The zero-order valence-electron chi connectivity index (χ0n) is 11.9. The third-order valence-corrected chi connectivity index (χ3v) is 3.35.